The average molecular weight is 359 g/mol. The molecule has 144 valence electrons. The van der Waals surface area contributed by atoms with E-state index in [4.69, 9.17) is 9.84 Å². The third kappa shape index (κ3) is 5.42. The normalized spacial score (nSPS) is 28.8. The number of aliphatic hydroxyl groups excluding tert-OH is 2. The molecule has 1 aromatic rings. The lowest BCUT2D eigenvalue weighted by Crippen LogP contribution is -2.26. The Balaban J connectivity index is 1.47. The molecule has 2 saturated heterocycles. The molecule has 2 fully saturated rings. The van der Waals surface area contributed by atoms with Crippen molar-refractivity contribution in [2.75, 3.05) is 6.61 Å². The molecule has 5 unspecified atom stereocenters. The summed E-state index contributed by atoms with van der Waals surface area (Å²) in [6.07, 6.45) is 14.7. The summed E-state index contributed by atoms with van der Waals surface area (Å²) in [7, 11) is 0. The Hall–Kier alpha value is -1.16. The monoisotopic (exact) mass is 358 g/mol. The summed E-state index contributed by atoms with van der Waals surface area (Å²) in [6.45, 7) is 0.318. The molecule has 0 aliphatic carbocycles. The molecule has 0 spiro atoms. The molecule has 2 heterocycles. The minimum Gasteiger partial charge on any atom is -0.396 e. The van der Waals surface area contributed by atoms with Gasteiger partial charge in [-0.15, -0.1) is 0 Å². The Morgan fingerprint density at radius 3 is 2.54 bits per heavy atom. The molecule has 5 atom stereocenters. The fraction of sp³-hybridized carbons (Fsp3) is 0.652. The molecule has 0 aromatic heterocycles. The molecule has 3 heteroatoms. The minimum absolute atomic E-state index is 0.318. The third-order valence-corrected chi connectivity index (χ3v) is 6.03. The van der Waals surface area contributed by atoms with Gasteiger partial charge in [-0.25, -0.2) is 0 Å². The van der Waals surface area contributed by atoms with Crippen LogP contribution in [0.4, 0.5) is 0 Å². The SMILES string of the molecule is OCCCCCCCC1C2CCC(O2)C1C=CC(O)Cc1ccccc1. The van der Waals surface area contributed by atoms with Crippen molar-refractivity contribution in [1.82, 2.24) is 0 Å². The lowest BCUT2D eigenvalue weighted by atomic mass is 9.76. The van der Waals surface area contributed by atoms with Gasteiger partial charge >= 0.3 is 0 Å². The zero-order chi connectivity index (χ0) is 18.2. The molecule has 0 saturated carbocycles. The van der Waals surface area contributed by atoms with Crippen molar-refractivity contribution in [3.63, 3.8) is 0 Å². The van der Waals surface area contributed by atoms with E-state index in [2.05, 4.69) is 18.2 Å². The number of rotatable bonds is 11. The van der Waals surface area contributed by atoms with Gasteiger partial charge in [0.25, 0.3) is 0 Å². The first-order valence-electron chi connectivity index (χ1n) is 10.4. The second-order valence-corrected chi connectivity index (χ2v) is 7.95. The summed E-state index contributed by atoms with van der Waals surface area (Å²) < 4.78 is 6.18. The van der Waals surface area contributed by atoms with Gasteiger partial charge in [-0.1, -0.05) is 68.2 Å². The number of aliphatic hydroxyl groups is 2. The number of hydrogen-bond acceptors (Lipinski definition) is 3. The molecule has 2 aliphatic rings. The van der Waals surface area contributed by atoms with Crippen molar-refractivity contribution in [3.8, 4) is 0 Å². The van der Waals surface area contributed by atoms with E-state index >= 15 is 0 Å². The molecule has 0 amide bonds. The van der Waals surface area contributed by atoms with Gasteiger partial charge in [0.05, 0.1) is 18.3 Å². The number of ether oxygens (including phenoxy) is 1. The van der Waals surface area contributed by atoms with Crippen LogP contribution in [0.3, 0.4) is 0 Å². The van der Waals surface area contributed by atoms with Crippen LogP contribution in [0.15, 0.2) is 42.5 Å². The van der Waals surface area contributed by atoms with Crippen molar-refractivity contribution >= 4 is 0 Å². The van der Waals surface area contributed by atoms with Crippen molar-refractivity contribution < 1.29 is 14.9 Å². The second kappa shape index (κ2) is 10.2. The van der Waals surface area contributed by atoms with E-state index in [-0.39, 0.29) is 0 Å². The fourth-order valence-corrected chi connectivity index (χ4v) is 4.66. The smallest absolute Gasteiger partial charge is 0.0761 e. The summed E-state index contributed by atoms with van der Waals surface area (Å²) in [5.74, 6) is 1.09. The fourth-order valence-electron chi connectivity index (χ4n) is 4.66. The van der Waals surface area contributed by atoms with Crippen LogP contribution in [0.2, 0.25) is 0 Å². The van der Waals surface area contributed by atoms with E-state index < -0.39 is 6.10 Å². The Labute approximate surface area is 158 Å². The second-order valence-electron chi connectivity index (χ2n) is 7.95. The van der Waals surface area contributed by atoms with E-state index in [1.165, 1.54) is 44.1 Å². The Kier molecular flexibility index (Phi) is 7.72. The molecular formula is C23H34O3. The van der Waals surface area contributed by atoms with Gasteiger partial charge in [0.1, 0.15) is 0 Å². The van der Waals surface area contributed by atoms with Crippen LogP contribution in [-0.2, 0) is 11.2 Å². The summed E-state index contributed by atoms with van der Waals surface area (Å²) in [5.41, 5.74) is 1.17. The van der Waals surface area contributed by atoms with Crippen molar-refractivity contribution in [2.24, 2.45) is 11.8 Å². The van der Waals surface area contributed by atoms with Gasteiger partial charge < -0.3 is 14.9 Å². The highest BCUT2D eigenvalue weighted by atomic mass is 16.5. The van der Waals surface area contributed by atoms with Crippen LogP contribution < -0.4 is 0 Å². The molecule has 2 bridgehead atoms. The number of fused-ring (bicyclic) bond motifs is 2. The molecule has 1 aromatic carbocycles. The lowest BCUT2D eigenvalue weighted by Gasteiger charge is -2.26. The third-order valence-electron chi connectivity index (χ3n) is 6.03. The Morgan fingerprint density at radius 2 is 1.73 bits per heavy atom. The Morgan fingerprint density at radius 1 is 1.00 bits per heavy atom. The molecular weight excluding hydrogens is 324 g/mol. The first-order valence-corrected chi connectivity index (χ1v) is 10.4. The van der Waals surface area contributed by atoms with Crippen molar-refractivity contribution in [3.05, 3.63) is 48.0 Å². The molecule has 2 aliphatic heterocycles. The maximum atomic E-state index is 10.4. The number of unbranched alkanes of at least 4 members (excludes halogenated alkanes) is 4. The highest BCUT2D eigenvalue weighted by Gasteiger charge is 2.46. The van der Waals surface area contributed by atoms with Gasteiger partial charge in [0.15, 0.2) is 0 Å². The maximum Gasteiger partial charge on any atom is 0.0761 e. The maximum absolute atomic E-state index is 10.4. The first-order chi connectivity index (χ1) is 12.8. The zero-order valence-electron chi connectivity index (χ0n) is 15.8. The topological polar surface area (TPSA) is 49.7 Å². The van der Waals surface area contributed by atoms with E-state index in [0.717, 1.165) is 12.8 Å². The van der Waals surface area contributed by atoms with Crippen LogP contribution >= 0.6 is 0 Å². The number of benzene rings is 1. The first kappa shape index (κ1) is 19.6. The molecule has 3 nitrogen and oxygen atoms in total. The van der Waals surface area contributed by atoms with Crippen molar-refractivity contribution in [1.29, 1.82) is 0 Å². The van der Waals surface area contributed by atoms with Gasteiger partial charge in [-0.3, -0.25) is 0 Å². The molecule has 0 radical (unpaired) electrons. The molecule has 26 heavy (non-hydrogen) atoms. The van der Waals surface area contributed by atoms with Crippen LogP contribution in [0, 0.1) is 11.8 Å². The van der Waals surface area contributed by atoms with Crippen LogP contribution in [0.5, 0.6) is 0 Å². The van der Waals surface area contributed by atoms with Gasteiger partial charge in [0, 0.05) is 18.9 Å². The van der Waals surface area contributed by atoms with Crippen molar-refractivity contribution in [2.45, 2.75) is 76.1 Å². The summed E-state index contributed by atoms with van der Waals surface area (Å²) in [6, 6.07) is 10.2. The van der Waals surface area contributed by atoms with Gasteiger partial charge in [-0.05, 0) is 37.2 Å². The largest absolute Gasteiger partial charge is 0.396 e. The average Bonchev–Trinajstić information content (AvgIpc) is 3.25. The molecule has 2 N–H and O–H groups in total. The quantitative estimate of drug-likeness (QED) is 0.459. The predicted molar refractivity (Wildman–Crippen MR) is 105 cm³/mol. The highest BCUT2D eigenvalue weighted by Crippen LogP contribution is 2.46. The highest BCUT2D eigenvalue weighted by molar-refractivity contribution is 5.17. The van der Waals surface area contributed by atoms with Gasteiger partial charge in [0.2, 0.25) is 0 Å². The summed E-state index contributed by atoms with van der Waals surface area (Å²) >= 11 is 0. The van der Waals surface area contributed by atoms with Crippen LogP contribution in [0.25, 0.3) is 0 Å². The summed E-state index contributed by atoms with van der Waals surface area (Å²) in [5, 5.41) is 19.2. The van der Waals surface area contributed by atoms with Gasteiger partial charge in [-0.2, -0.15) is 0 Å². The predicted octanol–water partition coefficient (Wildman–Crippen LogP) is 4.27. The van der Waals surface area contributed by atoms with E-state index in [1.807, 2.05) is 24.3 Å². The van der Waals surface area contributed by atoms with Crippen LogP contribution in [0.1, 0.15) is 56.9 Å². The standard InChI is InChI=1S/C23H34O3/c24-16-8-3-1-2-7-11-20-21(23-15-14-22(20)26-23)13-12-19(25)17-18-9-5-4-6-10-18/h4-6,9-10,12-13,19-25H,1-3,7-8,11,14-17H2. The van der Waals surface area contributed by atoms with E-state index in [0.29, 0.717) is 37.1 Å². The van der Waals surface area contributed by atoms with E-state index in [1.54, 1.807) is 0 Å². The van der Waals surface area contributed by atoms with E-state index in [9.17, 15) is 5.11 Å². The number of hydrogen-bond donors (Lipinski definition) is 2. The summed E-state index contributed by atoms with van der Waals surface area (Å²) in [4.78, 5) is 0. The minimum atomic E-state index is -0.421. The van der Waals surface area contributed by atoms with Crippen LogP contribution in [-0.4, -0.2) is 35.1 Å². The zero-order valence-corrected chi connectivity index (χ0v) is 15.8. The molecule has 3 rings (SSSR count). The Bertz CT molecular complexity index is 542. The lowest BCUT2D eigenvalue weighted by molar-refractivity contribution is 0.0884.